The van der Waals surface area contributed by atoms with Crippen LogP contribution in [0.1, 0.15) is 15.9 Å². The van der Waals surface area contributed by atoms with Gasteiger partial charge in [0.15, 0.2) is 0 Å². The van der Waals surface area contributed by atoms with Crippen LogP contribution in [0.5, 0.6) is 0 Å². The first kappa shape index (κ1) is 13.2. The molecule has 1 N–H and O–H groups in total. The van der Waals surface area contributed by atoms with Crippen LogP contribution < -0.4 is 10.4 Å². The summed E-state index contributed by atoms with van der Waals surface area (Å²) in [6.07, 6.45) is 0. The van der Waals surface area contributed by atoms with E-state index in [1.807, 2.05) is 24.3 Å². The topological polar surface area (TPSA) is 52.2 Å². The maximum atomic E-state index is 11.1. The number of fused-ring (bicyclic) bond motifs is 1. The molecule has 0 atom stereocenters. The smallest absolute Gasteiger partial charge is 0.0736 e. The lowest BCUT2D eigenvalue weighted by atomic mass is 10.0. The van der Waals surface area contributed by atoms with Gasteiger partial charge >= 0.3 is 0 Å². The summed E-state index contributed by atoms with van der Waals surface area (Å²) in [7, 11) is 0. The Bertz CT molecular complexity index is 791. The van der Waals surface area contributed by atoms with E-state index in [9.17, 15) is 9.90 Å². The van der Waals surface area contributed by atoms with E-state index in [0.717, 1.165) is 5.56 Å². The highest BCUT2D eigenvalue weighted by molar-refractivity contribution is 5.93. The fraction of sp³-hybridized carbons (Fsp3) is 0.0556. The van der Waals surface area contributed by atoms with E-state index in [4.69, 9.17) is 0 Å². The molecule has 3 nitrogen and oxygen atoms in total. The average Bonchev–Trinajstić information content (AvgIpc) is 2.53. The van der Waals surface area contributed by atoms with Gasteiger partial charge in [0.1, 0.15) is 0 Å². The zero-order chi connectivity index (χ0) is 14.7. The molecule has 0 fully saturated rings. The molecule has 21 heavy (non-hydrogen) atoms. The molecule has 0 aliphatic rings. The third-order valence-corrected chi connectivity index (χ3v) is 3.50. The Morgan fingerprint density at radius 3 is 2.48 bits per heavy atom. The molecule has 0 aliphatic carbocycles. The van der Waals surface area contributed by atoms with Crippen LogP contribution in [0.4, 0.5) is 5.69 Å². The van der Waals surface area contributed by atoms with Crippen molar-refractivity contribution in [3.63, 3.8) is 0 Å². The van der Waals surface area contributed by atoms with Crippen LogP contribution in [0, 0.1) is 0 Å². The van der Waals surface area contributed by atoms with Gasteiger partial charge in [0.2, 0.25) is 0 Å². The van der Waals surface area contributed by atoms with Gasteiger partial charge in [0.05, 0.1) is 5.97 Å². The predicted molar refractivity (Wildman–Crippen MR) is 82.0 cm³/mol. The van der Waals surface area contributed by atoms with Crippen molar-refractivity contribution < 1.29 is 9.90 Å². The summed E-state index contributed by atoms with van der Waals surface area (Å²) in [5.74, 6) is -1.17. The van der Waals surface area contributed by atoms with Gasteiger partial charge in [-0.1, -0.05) is 60.7 Å². The average molecular weight is 276 g/mol. The minimum absolute atomic E-state index is 0.178. The fourth-order valence-corrected chi connectivity index (χ4v) is 2.45. The Kier molecular flexibility index (Phi) is 3.56. The first-order valence-electron chi connectivity index (χ1n) is 6.76. The van der Waals surface area contributed by atoms with Crippen LogP contribution in [0.25, 0.3) is 10.8 Å². The lowest BCUT2D eigenvalue weighted by Crippen LogP contribution is -2.23. The molecule has 3 rings (SSSR count). The number of hydrogen-bond acceptors (Lipinski definition) is 3. The van der Waals surface area contributed by atoms with Crippen LogP contribution in [0.2, 0.25) is 0 Å². The number of nitrogens with one attached hydrogen (secondary N) is 1. The van der Waals surface area contributed by atoms with E-state index >= 15 is 0 Å². The minimum atomic E-state index is -1.17. The van der Waals surface area contributed by atoms with Crippen molar-refractivity contribution in [2.24, 2.45) is 0 Å². The van der Waals surface area contributed by atoms with Crippen molar-refractivity contribution in [1.82, 2.24) is 0 Å². The Labute approximate surface area is 122 Å². The Balaban J connectivity index is 1.89. The van der Waals surface area contributed by atoms with E-state index in [1.54, 1.807) is 24.3 Å². The quantitative estimate of drug-likeness (QED) is 0.797. The lowest BCUT2D eigenvalue weighted by Gasteiger charge is -2.13. The highest BCUT2D eigenvalue weighted by Crippen LogP contribution is 2.21. The number of carbonyl (C=O) groups excluding carboxylic acids is 1. The van der Waals surface area contributed by atoms with Crippen LogP contribution in [-0.4, -0.2) is 5.97 Å². The highest BCUT2D eigenvalue weighted by atomic mass is 16.4. The van der Waals surface area contributed by atoms with Gasteiger partial charge in [-0.15, -0.1) is 0 Å². The second-order valence-electron chi connectivity index (χ2n) is 4.82. The number of carbonyl (C=O) groups is 1. The molecule has 0 bridgehead atoms. The number of carboxylic acid groups (broad SMARTS) is 1. The zero-order valence-electron chi connectivity index (χ0n) is 11.4. The molecule has 0 unspecified atom stereocenters. The maximum Gasteiger partial charge on any atom is 0.0736 e. The monoisotopic (exact) mass is 276 g/mol. The number of hydrogen-bond donors (Lipinski definition) is 1. The summed E-state index contributed by atoms with van der Waals surface area (Å²) in [5, 5.41) is 16.6. The van der Waals surface area contributed by atoms with Gasteiger partial charge in [-0.25, -0.2) is 0 Å². The van der Waals surface area contributed by atoms with E-state index in [0.29, 0.717) is 12.2 Å². The van der Waals surface area contributed by atoms with Crippen molar-refractivity contribution in [3.05, 3.63) is 77.9 Å². The van der Waals surface area contributed by atoms with Crippen LogP contribution >= 0.6 is 0 Å². The Morgan fingerprint density at radius 2 is 1.62 bits per heavy atom. The summed E-state index contributed by atoms with van der Waals surface area (Å²) in [5.41, 5.74) is 1.88. The molecule has 0 spiro atoms. The van der Waals surface area contributed by atoms with Crippen molar-refractivity contribution in [2.45, 2.75) is 6.54 Å². The molecule has 104 valence electrons. The molecule has 0 aromatic heterocycles. The van der Waals surface area contributed by atoms with Crippen LogP contribution in [0.15, 0.2) is 66.7 Å². The van der Waals surface area contributed by atoms with E-state index in [1.165, 1.54) is 10.8 Å². The molecule has 3 aromatic carbocycles. The maximum absolute atomic E-state index is 11.1. The van der Waals surface area contributed by atoms with Gasteiger partial charge in [-0.3, -0.25) is 0 Å². The summed E-state index contributed by atoms with van der Waals surface area (Å²) in [6.45, 7) is 0.561. The van der Waals surface area contributed by atoms with Crippen LogP contribution in [0.3, 0.4) is 0 Å². The fourth-order valence-electron chi connectivity index (χ4n) is 2.45. The normalized spacial score (nSPS) is 10.5. The highest BCUT2D eigenvalue weighted by Gasteiger charge is 2.04. The molecule has 0 aliphatic heterocycles. The predicted octanol–water partition coefficient (Wildman–Crippen LogP) is 2.82. The van der Waals surface area contributed by atoms with E-state index in [-0.39, 0.29) is 5.56 Å². The molecule has 0 heterocycles. The molecule has 0 amide bonds. The third kappa shape index (κ3) is 2.72. The lowest BCUT2D eigenvalue weighted by molar-refractivity contribution is -0.254. The summed E-state index contributed by atoms with van der Waals surface area (Å²) in [6, 6.07) is 21.0. The third-order valence-electron chi connectivity index (χ3n) is 3.50. The number of para-hydroxylation sites is 1. The molecule has 0 saturated heterocycles. The summed E-state index contributed by atoms with van der Waals surface area (Å²) < 4.78 is 0. The Hall–Kier alpha value is -2.81. The van der Waals surface area contributed by atoms with Crippen molar-refractivity contribution in [3.8, 4) is 0 Å². The molecule has 3 aromatic rings. The minimum Gasteiger partial charge on any atom is -0.545 e. The Morgan fingerprint density at radius 1 is 0.905 bits per heavy atom. The van der Waals surface area contributed by atoms with Gasteiger partial charge < -0.3 is 15.2 Å². The number of aromatic carboxylic acids is 1. The van der Waals surface area contributed by atoms with Gasteiger partial charge in [0, 0.05) is 17.8 Å². The second-order valence-corrected chi connectivity index (χ2v) is 4.82. The van der Waals surface area contributed by atoms with Crippen molar-refractivity contribution >= 4 is 22.4 Å². The molecular weight excluding hydrogens is 262 g/mol. The standard InChI is InChI=1S/C18H15NO2/c20-18(21)16-10-3-4-11-17(16)19-12-14-8-5-7-13-6-1-2-9-15(13)14/h1-11,19H,12H2,(H,20,21)/p-1. The first-order chi connectivity index (χ1) is 10.3. The van der Waals surface area contributed by atoms with E-state index < -0.39 is 5.97 Å². The van der Waals surface area contributed by atoms with Gasteiger partial charge in [-0.2, -0.15) is 0 Å². The van der Waals surface area contributed by atoms with Crippen LogP contribution in [-0.2, 0) is 6.54 Å². The van der Waals surface area contributed by atoms with Gasteiger partial charge in [0.25, 0.3) is 0 Å². The summed E-state index contributed by atoms with van der Waals surface area (Å²) >= 11 is 0. The molecule has 0 radical (unpaired) electrons. The van der Waals surface area contributed by atoms with Gasteiger partial charge in [-0.05, 0) is 22.4 Å². The van der Waals surface area contributed by atoms with Crippen molar-refractivity contribution in [2.75, 3.05) is 5.32 Å². The van der Waals surface area contributed by atoms with Crippen molar-refractivity contribution in [1.29, 1.82) is 0 Å². The number of rotatable bonds is 4. The number of carboxylic acids is 1. The SMILES string of the molecule is O=C([O-])c1ccccc1NCc1cccc2ccccc12. The van der Waals surface area contributed by atoms with E-state index in [2.05, 4.69) is 23.5 Å². The number of benzene rings is 3. The zero-order valence-corrected chi connectivity index (χ0v) is 11.4. The molecular formula is C18H14NO2-. The number of anilines is 1. The molecule has 0 saturated carbocycles. The second kappa shape index (κ2) is 5.67. The molecule has 3 heteroatoms. The largest absolute Gasteiger partial charge is 0.545 e. The summed E-state index contributed by atoms with van der Waals surface area (Å²) in [4.78, 5) is 11.1. The first-order valence-corrected chi connectivity index (χ1v) is 6.76.